The molecule has 1 aromatic carbocycles. The average Bonchev–Trinajstić information content (AvgIpc) is 2.54. The molecule has 6 heteroatoms. The van der Waals surface area contributed by atoms with Crippen LogP contribution in [0.4, 0.5) is 0 Å². The Hall–Kier alpha value is -2.37. The van der Waals surface area contributed by atoms with Crippen molar-refractivity contribution in [2.45, 2.75) is 52.6 Å². The third-order valence-corrected chi connectivity index (χ3v) is 3.66. The predicted octanol–water partition coefficient (Wildman–Crippen LogP) is 2.17. The molecule has 0 fully saturated rings. The molecule has 2 amide bonds. The first-order valence-electron chi connectivity index (χ1n) is 8.51. The molecule has 1 aromatic rings. The monoisotopic (exact) mass is 348 g/mol. The van der Waals surface area contributed by atoms with Crippen LogP contribution >= 0.6 is 0 Å². The normalized spacial score (nSPS) is 12.2. The maximum atomic E-state index is 12.1. The number of carbonyl (C=O) groups excluding carboxylic acids is 3. The number of esters is 1. The summed E-state index contributed by atoms with van der Waals surface area (Å²) in [4.78, 5) is 35.2. The number of rotatable bonds is 7. The lowest BCUT2D eigenvalue weighted by molar-refractivity contribution is -0.154. The summed E-state index contributed by atoms with van der Waals surface area (Å²) in [5, 5.41) is 5.25. The smallest absolute Gasteiger partial charge is 0.308 e. The number of hydrogen-bond acceptors (Lipinski definition) is 4. The number of hydrogen-bond donors (Lipinski definition) is 2. The molecule has 0 aliphatic heterocycles. The molecule has 25 heavy (non-hydrogen) atoms. The second kappa shape index (κ2) is 9.20. The lowest BCUT2D eigenvalue weighted by Crippen LogP contribution is -2.36. The second-order valence-electron chi connectivity index (χ2n) is 6.86. The van der Waals surface area contributed by atoms with Crippen molar-refractivity contribution in [1.82, 2.24) is 10.6 Å². The third-order valence-electron chi connectivity index (χ3n) is 3.66. The molecule has 0 saturated heterocycles. The predicted molar refractivity (Wildman–Crippen MR) is 96.3 cm³/mol. The molecule has 0 spiro atoms. The van der Waals surface area contributed by atoms with Crippen LogP contribution in [0.25, 0.3) is 0 Å². The second-order valence-corrected chi connectivity index (χ2v) is 6.86. The Labute approximate surface area is 149 Å². The highest BCUT2D eigenvalue weighted by molar-refractivity contribution is 5.94. The average molecular weight is 348 g/mol. The van der Waals surface area contributed by atoms with Gasteiger partial charge in [0, 0.05) is 18.7 Å². The van der Waals surface area contributed by atoms with Gasteiger partial charge in [-0.2, -0.15) is 0 Å². The first-order chi connectivity index (χ1) is 11.6. The van der Waals surface area contributed by atoms with Crippen molar-refractivity contribution < 1.29 is 19.1 Å². The van der Waals surface area contributed by atoms with Crippen molar-refractivity contribution in [3.8, 4) is 0 Å². The summed E-state index contributed by atoms with van der Waals surface area (Å²) in [5.41, 5.74) is 1.71. The maximum absolute atomic E-state index is 12.1. The molecule has 0 unspecified atom stereocenters. The number of nitrogens with one attached hydrogen (secondary N) is 2. The molecule has 1 atom stereocenters. The van der Waals surface area contributed by atoms with Crippen LogP contribution in [0.2, 0.25) is 0 Å². The molecule has 6 nitrogen and oxygen atoms in total. The highest BCUT2D eigenvalue weighted by atomic mass is 16.5. The Morgan fingerprint density at radius 3 is 2.20 bits per heavy atom. The fourth-order valence-corrected chi connectivity index (χ4v) is 2.13. The van der Waals surface area contributed by atoms with Gasteiger partial charge in [-0.15, -0.1) is 0 Å². The summed E-state index contributed by atoms with van der Waals surface area (Å²) in [6.07, 6.45) is -0.830. The molecule has 0 saturated carbocycles. The van der Waals surface area contributed by atoms with Crippen LogP contribution in [0.5, 0.6) is 0 Å². The van der Waals surface area contributed by atoms with E-state index in [4.69, 9.17) is 4.74 Å². The number of amides is 2. The van der Waals surface area contributed by atoms with Gasteiger partial charge in [-0.3, -0.25) is 14.4 Å². The van der Waals surface area contributed by atoms with Gasteiger partial charge in [0.15, 0.2) is 6.10 Å². The van der Waals surface area contributed by atoms with Crippen LogP contribution in [0, 0.1) is 0 Å². The van der Waals surface area contributed by atoms with Crippen molar-refractivity contribution in [2.75, 3.05) is 13.1 Å². The Morgan fingerprint density at radius 1 is 1.08 bits per heavy atom. The van der Waals surface area contributed by atoms with E-state index in [2.05, 4.69) is 31.4 Å². The summed E-state index contributed by atoms with van der Waals surface area (Å²) in [6, 6.07) is 7.39. The summed E-state index contributed by atoms with van der Waals surface area (Å²) in [7, 11) is 0. The van der Waals surface area contributed by atoms with Crippen molar-refractivity contribution in [1.29, 1.82) is 0 Å². The lowest BCUT2D eigenvalue weighted by atomic mass is 9.87. The van der Waals surface area contributed by atoms with E-state index in [-0.39, 0.29) is 30.2 Å². The number of likely N-dealkylation sites (N-methyl/N-ethyl adjacent to an activating group) is 1. The van der Waals surface area contributed by atoms with Crippen molar-refractivity contribution in [3.63, 3.8) is 0 Å². The van der Waals surface area contributed by atoms with E-state index in [1.165, 1.54) is 6.92 Å². The largest absolute Gasteiger partial charge is 0.452 e. The molecular formula is C19H28N2O4. The standard InChI is InChI=1S/C19H28N2O4/c1-6-20-17(23)13(2)25-16(22)11-12-21-18(24)14-7-9-15(10-8-14)19(3,4)5/h7-10,13H,6,11-12H2,1-5H3,(H,20,23)(H,21,24)/t13-/m1/s1. The van der Waals surface area contributed by atoms with Crippen LogP contribution in [0.15, 0.2) is 24.3 Å². The van der Waals surface area contributed by atoms with Crippen LogP contribution in [-0.2, 0) is 19.7 Å². The minimum absolute atomic E-state index is 0.00948. The first-order valence-corrected chi connectivity index (χ1v) is 8.51. The van der Waals surface area contributed by atoms with Gasteiger partial charge in [0.25, 0.3) is 11.8 Å². The fourth-order valence-electron chi connectivity index (χ4n) is 2.13. The van der Waals surface area contributed by atoms with E-state index >= 15 is 0 Å². The molecule has 0 aromatic heterocycles. The number of carbonyl (C=O) groups is 3. The highest BCUT2D eigenvalue weighted by Crippen LogP contribution is 2.22. The van der Waals surface area contributed by atoms with Crippen LogP contribution < -0.4 is 10.6 Å². The van der Waals surface area contributed by atoms with Gasteiger partial charge < -0.3 is 15.4 Å². The Kier molecular flexibility index (Phi) is 7.61. The fraction of sp³-hybridized carbons (Fsp3) is 0.526. The maximum Gasteiger partial charge on any atom is 0.308 e. The van der Waals surface area contributed by atoms with E-state index < -0.39 is 12.1 Å². The number of benzene rings is 1. The molecule has 138 valence electrons. The molecular weight excluding hydrogens is 320 g/mol. The number of ether oxygens (including phenoxy) is 1. The van der Waals surface area contributed by atoms with E-state index in [0.717, 1.165) is 5.56 Å². The zero-order valence-corrected chi connectivity index (χ0v) is 15.6. The highest BCUT2D eigenvalue weighted by Gasteiger charge is 2.17. The quantitative estimate of drug-likeness (QED) is 0.740. The van der Waals surface area contributed by atoms with E-state index in [0.29, 0.717) is 12.1 Å². The SMILES string of the molecule is CCNC(=O)[C@@H](C)OC(=O)CCNC(=O)c1ccc(C(C)(C)C)cc1. The zero-order chi connectivity index (χ0) is 19.0. The summed E-state index contributed by atoms with van der Waals surface area (Å²) < 4.78 is 5.00. The van der Waals surface area contributed by atoms with Gasteiger partial charge in [-0.05, 0) is 37.0 Å². The minimum atomic E-state index is -0.840. The van der Waals surface area contributed by atoms with E-state index in [1.807, 2.05) is 12.1 Å². The van der Waals surface area contributed by atoms with Gasteiger partial charge >= 0.3 is 5.97 Å². The molecule has 0 heterocycles. The topological polar surface area (TPSA) is 84.5 Å². The summed E-state index contributed by atoms with van der Waals surface area (Å²) >= 11 is 0. The van der Waals surface area contributed by atoms with Crippen molar-refractivity contribution in [2.24, 2.45) is 0 Å². The molecule has 0 radical (unpaired) electrons. The van der Waals surface area contributed by atoms with Crippen LogP contribution in [0.1, 0.15) is 57.0 Å². The Balaban J connectivity index is 2.41. The first kappa shape index (κ1) is 20.7. The third kappa shape index (κ3) is 6.95. The minimum Gasteiger partial charge on any atom is -0.452 e. The van der Waals surface area contributed by atoms with Crippen LogP contribution in [0.3, 0.4) is 0 Å². The molecule has 2 N–H and O–H groups in total. The molecule has 0 aliphatic carbocycles. The Morgan fingerprint density at radius 2 is 1.68 bits per heavy atom. The van der Waals surface area contributed by atoms with Gasteiger partial charge in [0.1, 0.15) is 0 Å². The zero-order valence-electron chi connectivity index (χ0n) is 15.6. The Bertz CT molecular complexity index is 603. The van der Waals surface area contributed by atoms with E-state index in [1.54, 1.807) is 19.1 Å². The summed E-state index contributed by atoms with van der Waals surface area (Å²) in [5.74, 6) is -1.11. The van der Waals surface area contributed by atoms with Gasteiger partial charge in [-0.25, -0.2) is 0 Å². The lowest BCUT2D eigenvalue weighted by Gasteiger charge is -2.19. The van der Waals surface area contributed by atoms with Crippen LogP contribution in [-0.4, -0.2) is 37.0 Å². The summed E-state index contributed by atoms with van der Waals surface area (Å²) in [6.45, 7) is 10.3. The molecule has 0 aliphatic rings. The van der Waals surface area contributed by atoms with Gasteiger partial charge in [0.2, 0.25) is 0 Å². The van der Waals surface area contributed by atoms with E-state index in [9.17, 15) is 14.4 Å². The van der Waals surface area contributed by atoms with Crippen molar-refractivity contribution in [3.05, 3.63) is 35.4 Å². The van der Waals surface area contributed by atoms with Crippen molar-refractivity contribution >= 4 is 17.8 Å². The van der Waals surface area contributed by atoms with Gasteiger partial charge in [-0.1, -0.05) is 32.9 Å². The molecule has 0 bridgehead atoms. The van der Waals surface area contributed by atoms with Gasteiger partial charge in [0.05, 0.1) is 6.42 Å². The molecule has 1 rings (SSSR count).